The summed E-state index contributed by atoms with van der Waals surface area (Å²) in [6.45, 7) is 0.252. The summed E-state index contributed by atoms with van der Waals surface area (Å²) >= 11 is 0. The molecule has 0 radical (unpaired) electrons. The fraction of sp³-hybridized carbons (Fsp3) is 0.500. The number of carbonyl (C=O) groups excluding carboxylic acids is 1. The molecule has 0 saturated carbocycles. The number of rotatable bonds is 5. The number of nitrogens with one attached hydrogen (secondary N) is 1. The standard InChI is InChI=1S/C8H11NO4/c1-3-7(10)9-6(8(11)12)4-5-13-2/h1,6H,4-5H2,2H3,(H,9,10)(H,11,12). The largest absolute Gasteiger partial charge is 0.480 e. The van der Waals surface area contributed by atoms with Crippen LogP contribution in [-0.4, -0.2) is 36.7 Å². The molecule has 72 valence electrons. The zero-order chi connectivity index (χ0) is 10.3. The molecule has 1 atom stereocenters. The third-order valence-electron chi connectivity index (χ3n) is 1.35. The van der Waals surface area contributed by atoms with Crippen LogP contribution in [0.1, 0.15) is 6.42 Å². The van der Waals surface area contributed by atoms with Crippen molar-refractivity contribution in [1.82, 2.24) is 5.32 Å². The molecule has 0 aliphatic heterocycles. The lowest BCUT2D eigenvalue weighted by Gasteiger charge is -2.11. The number of terminal acetylenes is 1. The van der Waals surface area contributed by atoms with Crippen molar-refractivity contribution in [2.45, 2.75) is 12.5 Å². The summed E-state index contributed by atoms with van der Waals surface area (Å²) in [6.07, 6.45) is 4.96. The smallest absolute Gasteiger partial charge is 0.326 e. The predicted octanol–water partition coefficient (Wildman–Crippen LogP) is -0.774. The van der Waals surface area contributed by atoms with Gasteiger partial charge in [-0.2, -0.15) is 0 Å². The highest BCUT2D eigenvalue weighted by atomic mass is 16.5. The van der Waals surface area contributed by atoms with Crippen molar-refractivity contribution in [2.24, 2.45) is 0 Å². The van der Waals surface area contributed by atoms with Crippen molar-refractivity contribution in [3.8, 4) is 12.3 Å². The third-order valence-corrected chi connectivity index (χ3v) is 1.35. The van der Waals surface area contributed by atoms with Crippen LogP contribution >= 0.6 is 0 Å². The number of carboxylic acids is 1. The van der Waals surface area contributed by atoms with Gasteiger partial charge in [-0.25, -0.2) is 4.79 Å². The Morgan fingerprint density at radius 3 is 2.69 bits per heavy atom. The lowest BCUT2D eigenvalue weighted by molar-refractivity contribution is -0.141. The number of carbonyl (C=O) groups is 2. The van der Waals surface area contributed by atoms with Gasteiger partial charge in [0.05, 0.1) is 0 Å². The van der Waals surface area contributed by atoms with Crippen molar-refractivity contribution in [3.05, 3.63) is 0 Å². The van der Waals surface area contributed by atoms with E-state index in [9.17, 15) is 9.59 Å². The van der Waals surface area contributed by atoms with E-state index in [1.165, 1.54) is 7.11 Å². The summed E-state index contributed by atoms with van der Waals surface area (Å²) < 4.78 is 4.67. The minimum atomic E-state index is -1.12. The van der Waals surface area contributed by atoms with Crippen LogP contribution in [0.5, 0.6) is 0 Å². The SMILES string of the molecule is C#CC(=O)NC(CCOC)C(=O)O. The van der Waals surface area contributed by atoms with Gasteiger partial charge >= 0.3 is 5.97 Å². The van der Waals surface area contributed by atoms with Gasteiger partial charge in [-0.1, -0.05) is 0 Å². The first kappa shape index (κ1) is 11.5. The molecule has 0 bridgehead atoms. The Hall–Kier alpha value is -1.54. The number of amides is 1. The Labute approximate surface area is 76.1 Å². The van der Waals surface area contributed by atoms with Gasteiger partial charge in [0.25, 0.3) is 5.91 Å². The highest BCUT2D eigenvalue weighted by molar-refractivity contribution is 5.95. The molecule has 2 N–H and O–H groups in total. The van der Waals surface area contributed by atoms with Crippen molar-refractivity contribution >= 4 is 11.9 Å². The van der Waals surface area contributed by atoms with E-state index in [-0.39, 0.29) is 13.0 Å². The Morgan fingerprint density at radius 1 is 1.69 bits per heavy atom. The van der Waals surface area contributed by atoms with Crippen LogP contribution in [-0.2, 0) is 14.3 Å². The molecule has 0 aromatic carbocycles. The van der Waals surface area contributed by atoms with E-state index in [0.29, 0.717) is 0 Å². The fourth-order valence-electron chi connectivity index (χ4n) is 0.693. The van der Waals surface area contributed by atoms with Gasteiger partial charge in [-0.15, -0.1) is 6.42 Å². The number of hydrogen-bond donors (Lipinski definition) is 2. The zero-order valence-corrected chi connectivity index (χ0v) is 7.24. The van der Waals surface area contributed by atoms with Gasteiger partial charge < -0.3 is 15.2 Å². The third kappa shape index (κ3) is 4.82. The summed E-state index contributed by atoms with van der Waals surface area (Å²) in [6, 6.07) is -0.983. The molecule has 0 rings (SSSR count). The zero-order valence-electron chi connectivity index (χ0n) is 7.24. The predicted molar refractivity (Wildman–Crippen MR) is 44.9 cm³/mol. The lowest BCUT2D eigenvalue weighted by atomic mass is 10.2. The molecular formula is C8H11NO4. The van der Waals surface area contributed by atoms with E-state index in [0.717, 1.165) is 0 Å². The van der Waals surface area contributed by atoms with Gasteiger partial charge in [0.1, 0.15) is 6.04 Å². The van der Waals surface area contributed by atoms with E-state index in [1.54, 1.807) is 5.92 Å². The molecule has 0 aromatic rings. The number of methoxy groups -OCH3 is 1. The minimum Gasteiger partial charge on any atom is -0.480 e. The Kier molecular flexibility index (Phi) is 5.32. The molecule has 1 amide bonds. The molecule has 0 aliphatic carbocycles. The highest BCUT2D eigenvalue weighted by Gasteiger charge is 2.18. The minimum absolute atomic E-state index is 0.194. The average Bonchev–Trinajstić information content (AvgIpc) is 2.11. The maximum Gasteiger partial charge on any atom is 0.326 e. The molecule has 1 unspecified atom stereocenters. The number of ether oxygens (including phenoxy) is 1. The first-order valence-electron chi connectivity index (χ1n) is 3.60. The van der Waals surface area contributed by atoms with Crippen molar-refractivity contribution < 1.29 is 19.4 Å². The molecular weight excluding hydrogens is 174 g/mol. The molecule has 0 fully saturated rings. The second-order valence-electron chi connectivity index (χ2n) is 2.29. The second kappa shape index (κ2) is 6.03. The second-order valence-corrected chi connectivity index (χ2v) is 2.29. The molecule has 0 saturated heterocycles. The van der Waals surface area contributed by atoms with Crippen molar-refractivity contribution in [2.75, 3.05) is 13.7 Å². The normalized spacial score (nSPS) is 11.4. The van der Waals surface area contributed by atoms with E-state index < -0.39 is 17.9 Å². The Morgan fingerprint density at radius 2 is 2.31 bits per heavy atom. The summed E-state index contributed by atoms with van der Waals surface area (Å²) in [7, 11) is 1.45. The van der Waals surface area contributed by atoms with Crippen LogP contribution in [0.2, 0.25) is 0 Å². The van der Waals surface area contributed by atoms with Crippen LogP contribution in [0.3, 0.4) is 0 Å². The number of hydrogen-bond acceptors (Lipinski definition) is 3. The Balaban J connectivity index is 4.04. The summed E-state index contributed by atoms with van der Waals surface area (Å²) in [5.74, 6) is -0.0847. The Bertz CT molecular complexity index is 231. The average molecular weight is 185 g/mol. The van der Waals surface area contributed by atoms with Gasteiger partial charge in [-0.3, -0.25) is 4.79 Å². The van der Waals surface area contributed by atoms with Gasteiger partial charge in [0, 0.05) is 20.1 Å². The van der Waals surface area contributed by atoms with E-state index >= 15 is 0 Å². The van der Waals surface area contributed by atoms with Crippen LogP contribution in [0.15, 0.2) is 0 Å². The summed E-state index contributed by atoms with van der Waals surface area (Å²) in [4.78, 5) is 21.2. The summed E-state index contributed by atoms with van der Waals surface area (Å²) in [5, 5.41) is 10.8. The van der Waals surface area contributed by atoms with E-state index in [4.69, 9.17) is 11.5 Å². The molecule has 5 heteroatoms. The molecule has 13 heavy (non-hydrogen) atoms. The van der Waals surface area contributed by atoms with Gasteiger partial charge in [0.15, 0.2) is 0 Å². The van der Waals surface area contributed by atoms with Gasteiger partial charge in [0.2, 0.25) is 0 Å². The van der Waals surface area contributed by atoms with Crippen LogP contribution in [0.25, 0.3) is 0 Å². The summed E-state index contributed by atoms with van der Waals surface area (Å²) in [5.41, 5.74) is 0. The van der Waals surface area contributed by atoms with E-state index in [2.05, 4.69) is 10.1 Å². The molecule has 0 spiro atoms. The van der Waals surface area contributed by atoms with Crippen molar-refractivity contribution in [3.63, 3.8) is 0 Å². The maximum absolute atomic E-state index is 10.6. The van der Waals surface area contributed by atoms with Crippen molar-refractivity contribution in [1.29, 1.82) is 0 Å². The monoisotopic (exact) mass is 185 g/mol. The number of aliphatic carboxylic acids is 1. The first-order valence-corrected chi connectivity index (χ1v) is 3.60. The topological polar surface area (TPSA) is 75.6 Å². The molecule has 0 aliphatic rings. The number of carboxylic acid groups (broad SMARTS) is 1. The van der Waals surface area contributed by atoms with Crippen LogP contribution in [0, 0.1) is 12.3 Å². The first-order chi connectivity index (χ1) is 6.11. The van der Waals surface area contributed by atoms with Crippen LogP contribution < -0.4 is 5.32 Å². The fourth-order valence-corrected chi connectivity index (χ4v) is 0.693. The quantitative estimate of drug-likeness (QED) is 0.551. The lowest BCUT2D eigenvalue weighted by Crippen LogP contribution is -2.40. The van der Waals surface area contributed by atoms with Crippen LogP contribution in [0.4, 0.5) is 0 Å². The van der Waals surface area contributed by atoms with Gasteiger partial charge in [-0.05, 0) is 5.92 Å². The molecule has 0 heterocycles. The molecule has 5 nitrogen and oxygen atoms in total. The molecule has 0 aromatic heterocycles. The maximum atomic E-state index is 10.6. The van der Waals surface area contributed by atoms with E-state index in [1.807, 2.05) is 0 Å². The highest BCUT2D eigenvalue weighted by Crippen LogP contribution is 1.92.